The summed E-state index contributed by atoms with van der Waals surface area (Å²) in [5.41, 5.74) is 2.86. The number of hydrogen-bond acceptors (Lipinski definition) is 3. The second kappa shape index (κ2) is 8.06. The Labute approximate surface area is 145 Å². The van der Waals surface area contributed by atoms with E-state index in [1.807, 2.05) is 62.6 Å². The van der Waals surface area contributed by atoms with Crippen LogP contribution in [0.5, 0.6) is 5.75 Å². The average Bonchev–Trinajstić information content (AvgIpc) is 2.55. The molecular weight excluding hydrogens is 328 g/mol. The molecule has 120 valence electrons. The van der Waals surface area contributed by atoms with Gasteiger partial charge in [-0.3, -0.25) is 0 Å². The summed E-state index contributed by atoms with van der Waals surface area (Å²) in [7, 11) is 6.32. The van der Waals surface area contributed by atoms with Crippen molar-refractivity contribution in [3.63, 3.8) is 0 Å². The first-order chi connectivity index (χ1) is 11.1. The molecule has 0 atom stereocenters. The molecule has 0 amide bonds. The van der Waals surface area contributed by atoms with Crippen LogP contribution in [-0.2, 0) is 0 Å². The lowest BCUT2D eigenvalue weighted by molar-refractivity contribution is 0.393. The number of thiocarbonyl (C=S) groups is 1. The van der Waals surface area contributed by atoms with Crippen LogP contribution in [0.1, 0.15) is 0 Å². The van der Waals surface area contributed by atoms with E-state index in [0.29, 0.717) is 0 Å². The Morgan fingerprint density at radius 3 is 2.35 bits per heavy atom. The molecule has 1 N–H and O–H groups in total. The maximum Gasteiger partial charge on any atom is 0.227 e. The number of benzene rings is 2. The van der Waals surface area contributed by atoms with Gasteiger partial charge in [-0.1, -0.05) is 30.3 Å². The zero-order valence-corrected chi connectivity index (χ0v) is 14.8. The number of nitrogens with zero attached hydrogens (tertiary/aromatic N) is 2. The topological polar surface area (TPSA) is 35.9 Å². The molecule has 0 radical (unpaired) electrons. The number of anilines is 1. The molecule has 0 aromatic heterocycles. The zero-order chi connectivity index (χ0) is 16.8. The summed E-state index contributed by atoms with van der Waals surface area (Å²) in [6.45, 7) is 0. The van der Waals surface area contributed by atoms with Crippen molar-refractivity contribution >= 4 is 38.3 Å². The van der Waals surface area contributed by atoms with Gasteiger partial charge in [0, 0.05) is 24.0 Å². The van der Waals surface area contributed by atoms with E-state index in [4.69, 9.17) is 17.0 Å². The van der Waals surface area contributed by atoms with Gasteiger partial charge in [0.15, 0.2) is 0 Å². The highest BCUT2D eigenvalue weighted by molar-refractivity contribution is 8.04. The fraction of sp³-hybridized carbons (Fsp3) is 0.176. The monoisotopic (exact) mass is 346 g/mol. The van der Waals surface area contributed by atoms with Crippen LogP contribution in [0.15, 0.2) is 48.5 Å². The fourth-order valence-corrected chi connectivity index (χ4v) is 2.89. The third-order valence-corrected chi connectivity index (χ3v) is 3.94. The summed E-state index contributed by atoms with van der Waals surface area (Å²) >= 11 is 4.71. The summed E-state index contributed by atoms with van der Waals surface area (Å²) in [5.74, 6) is 0.802. The molecule has 4 nitrogen and oxygen atoms in total. The molecule has 0 aliphatic carbocycles. The van der Waals surface area contributed by atoms with Crippen molar-refractivity contribution in [3.05, 3.63) is 48.5 Å². The second-order valence-electron chi connectivity index (χ2n) is 4.87. The van der Waals surface area contributed by atoms with Crippen LogP contribution in [0.25, 0.3) is 11.1 Å². The van der Waals surface area contributed by atoms with E-state index >= 15 is 0 Å². The van der Waals surface area contributed by atoms with Crippen molar-refractivity contribution in [1.29, 1.82) is 0 Å². The first-order valence-corrected chi connectivity index (χ1v) is 8.11. The molecule has 0 bridgehead atoms. The minimum atomic E-state index is 0.0472. The average molecular weight is 346 g/mol. The summed E-state index contributed by atoms with van der Waals surface area (Å²) in [6.07, 6.45) is 0. The highest BCUT2D eigenvalue weighted by Crippen LogP contribution is 2.32. The first kappa shape index (κ1) is 17.4. The van der Waals surface area contributed by atoms with Crippen molar-refractivity contribution in [2.45, 2.75) is 0 Å². The predicted octanol–water partition coefficient (Wildman–Crippen LogP) is 3.86. The van der Waals surface area contributed by atoms with Crippen molar-refractivity contribution in [2.75, 3.05) is 26.2 Å². The molecule has 0 aliphatic heterocycles. The molecule has 0 unspecified atom stereocenters. The molecule has 0 fully saturated rings. The van der Waals surface area contributed by atoms with Gasteiger partial charge < -0.3 is 9.84 Å². The van der Waals surface area contributed by atoms with E-state index in [1.165, 1.54) is 0 Å². The number of methoxy groups -OCH3 is 1. The Bertz CT molecular complexity index is 762. The molecule has 0 heterocycles. The Hall–Kier alpha value is -1.95. The zero-order valence-electron chi connectivity index (χ0n) is 13.2. The van der Waals surface area contributed by atoms with Gasteiger partial charge in [0.25, 0.3) is 0 Å². The normalized spacial score (nSPS) is 10.1. The number of aliphatic hydroxyl groups is 1. The van der Waals surface area contributed by atoms with Crippen molar-refractivity contribution < 1.29 is 9.84 Å². The smallest absolute Gasteiger partial charge is 0.227 e. The van der Waals surface area contributed by atoms with Crippen LogP contribution >= 0.6 is 23.2 Å². The maximum atomic E-state index is 10.3. The Kier molecular flexibility index (Phi) is 6.10. The molecule has 2 rings (SSSR count). The Balaban J connectivity index is 2.59. The number of rotatable bonds is 4. The number of hydrazine groups is 1. The molecule has 0 saturated carbocycles. The van der Waals surface area contributed by atoms with Crippen LogP contribution < -0.4 is 9.75 Å². The van der Waals surface area contributed by atoms with Gasteiger partial charge >= 0.3 is 0 Å². The number of para-hydroxylation sites is 1. The third-order valence-electron chi connectivity index (χ3n) is 3.25. The first-order valence-electron chi connectivity index (χ1n) is 6.89. The molecule has 0 aliphatic rings. The quantitative estimate of drug-likeness (QED) is 0.672. The highest BCUT2D eigenvalue weighted by atomic mass is 32.1. The largest absolute Gasteiger partial charge is 0.497 e. The van der Waals surface area contributed by atoms with Crippen LogP contribution in [0.3, 0.4) is 0 Å². The Morgan fingerprint density at radius 2 is 1.78 bits per heavy atom. The predicted molar refractivity (Wildman–Crippen MR) is 102 cm³/mol. The lowest BCUT2D eigenvalue weighted by Crippen LogP contribution is -2.41. The van der Waals surface area contributed by atoms with Crippen LogP contribution in [0.4, 0.5) is 5.69 Å². The van der Waals surface area contributed by atoms with Crippen LogP contribution in [0.2, 0.25) is 0 Å². The lowest BCUT2D eigenvalue weighted by Gasteiger charge is -2.30. The summed E-state index contributed by atoms with van der Waals surface area (Å²) in [4.78, 5) is 0. The summed E-state index contributed by atoms with van der Waals surface area (Å²) in [5, 5.41) is 13.8. The standard InChI is InChI=1S/C17H18N2O2S2/c1-18(2)19(17(20)23-12-22)16-7-5-4-6-15(16)13-8-10-14(21-3)11-9-13/h4-11,20H,1-3H3. The van der Waals surface area contributed by atoms with E-state index in [-0.39, 0.29) is 5.17 Å². The molecule has 0 saturated heterocycles. The van der Waals surface area contributed by atoms with Gasteiger partial charge in [-0.25, -0.2) is 10.0 Å². The van der Waals surface area contributed by atoms with E-state index < -0.39 is 0 Å². The number of hydrogen-bond donors (Lipinski definition) is 1. The van der Waals surface area contributed by atoms with E-state index in [9.17, 15) is 5.11 Å². The molecule has 2 aromatic carbocycles. The second-order valence-corrected chi connectivity index (χ2v) is 6.11. The molecule has 2 aromatic rings. The SMILES string of the molecule is COc1ccc(-c2ccccc2N(C(O)=S=C=S)N(C)C)cc1. The summed E-state index contributed by atoms with van der Waals surface area (Å²) in [6, 6.07) is 15.6. The summed E-state index contributed by atoms with van der Waals surface area (Å²) < 4.78 is 7.68. The fourth-order valence-electron chi connectivity index (χ4n) is 2.24. The van der Waals surface area contributed by atoms with Crippen LogP contribution in [-0.4, -0.2) is 40.8 Å². The van der Waals surface area contributed by atoms with Gasteiger partial charge in [0.05, 0.1) is 12.8 Å². The number of aliphatic hydroxyl groups excluding tert-OH is 1. The van der Waals surface area contributed by atoms with Crippen molar-refractivity contribution in [1.82, 2.24) is 5.01 Å². The van der Waals surface area contributed by atoms with Gasteiger partial charge in [-0.15, -0.1) is 0 Å². The maximum absolute atomic E-state index is 10.3. The minimum absolute atomic E-state index is 0.0472. The van der Waals surface area contributed by atoms with Crippen molar-refractivity contribution in [2.24, 2.45) is 0 Å². The molecule has 6 heteroatoms. The van der Waals surface area contributed by atoms with E-state index in [2.05, 4.69) is 4.31 Å². The number of ether oxygens (including phenoxy) is 1. The van der Waals surface area contributed by atoms with Gasteiger partial charge in [0.1, 0.15) is 5.75 Å². The third kappa shape index (κ3) is 4.07. The molecule has 0 spiro atoms. The van der Waals surface area contributed by atoms with Gasteiger partial charge in [-0.2, -0.15) is 0 Å². The molecule has 23 heavy (non-hydrogen) atoms. The van der Waals surface area contributed by atoms with Crippen LogP contribution in [0, 0.1) is 0 Å². The van der Waals surface area contributed by atoms with E-state index in [1.54, 1.807) is 17.1 Å². The van der Waals surface area contributed by atoms with Gasteiger partial charge in [0.2, 0.25) is 5.17 Å². The van der Waals surface area contributed by atoms with E-state index in [0.717, 1.165) is 33.5 Å². The minimum Gasteiger partial charge on any atom is -0.497 e. The Morgan fingerprint density at radius 1 is 1.13 bits per heavy atom. The van der Waals surface area contributed by atoms with Crippen molar-refractivity contribution in [3.8, 4) is 16.9 Å². The molecular formula is C17H18N2O2S2. The lowest BCUT2D eigenvalue weighted by atomic mass is 10.0. The van der Waals surface area contributed by atoms with Gasteiger partial charge in [-0.05, 0) is 46.9 Å². The highest BCUT2D eigenvalue weighted by Gasteiger charge is 2.17.